The lowest BCUT2D eigenvalue weighted by Gasteiger charge is -2.12. The van der Waals surface area contributed by atoms with E-state index >= 15 is 0 Å². The molecule has 1 aromatic carbocycles. The van der Waals surface area contributed by atoms with Crippen molar-refractivity contribution in [2.45, 2.75) is 37.2 Å². The maximum Gasteiger partial charge on any atom is 0.373 e. The van der Waals surface area contributed by atoms with Crippen molar-refractivity contribution in [1.29, 1.82) is 0 Å². The van der Waals surface area contributed by atoms with Gasteiger partial charge in [0, 0.05) is 6.54 Å². The molecule has 0 saturated heterocycles. The van der Waals surface area contributed by atoms with E-state index in [1.807, 2.05) is 18.2 Å². The number of thioether (sulfide) groups is 1. The van der Waals surface area contributed by atoms with Crippen molar-refractivity contribution in [3.63, 3.8) is 0 Å². The molecule has 0 N–H and O–H groups in total. The molecule has 0 amide bonds. The summed E-state index contributed by atoms with van der Waals surface area (Å²) in [7, 11) is 1.31. The van der Waals surface area contributed by atoms with Gasteiger partial charge in [-0.05, 0) is 30.7 Å². The molecule has 0 aliphatic carbocycles. The normalized spacial score (nSPS) is 11.0. The second kappa shape index (κ2) is 8.23. The molecule has 0 spiro atoms. The second-order valence-electron chi connectivity index (χ2n) is 5.77. The van der Waals surface area contributed by atoms with Crippen LogP contribution in [0.25, 0.3) is 10.9 Å². The molecule has 0 unspecified atom stereocenters. The van der Waals surface area contributed by atoms with Gasteiger partial charge in [0.15, 0.2) is 5.16 Å². The lowest BCUT2D eigenvalue weighted by molar-refractivity contribution is 0.0563. The number of carbonyl (C=O) groups excluding carboxylic acids is 1. The van der Waals surface area contributed by atoms with Crippen LogP contribution < -0.4 is 5.56 Å². The van der Waals surface area contributed by atoms with Crippen LogP contribution in [0.1, 0.15) is 36.1 Å². The monoisotopic (exact) mass is 372 g/mol. The summed E-state index contributed by atoms with van der Waals surface area (Å²) < 4.78 is 11.9. The van der Waals surface area contributed by atoms with Gasteiger partial charge in [0.25, 0.3) is 5.56 Å². The van der Waals surface area contributed by atoms with Crippen LogP contribution in [0.15, 0.2) is 50.8 Å². The van der Waals surface area contributed by atoms with Crippen LogP contribution in [0.2, 0.25) is 0 Å². The molecule has 2 heterocycles. The molecular formula is C19H20N2O4S. The molecule has 3 aromatic rings. The maximum atomic E-state index is 12.8. The highest BCUT2D eigenvalue weighted by atomic mass is 32.2. The molecule has 0 atom stereocenters. The van der Waals surface area contributed by atoms with Crippen molar-refractivity contribution in [2.75, 3.05) is 7.11 Å². The number of benzene rings is 1. The summed E-state index contributed by atoms with van der Waals surface area (Å²) in [6.07, 6.45) is 1.89. The van der Waals surface area contributed by atoms with E-state index in [-0.39, 0.29) is 11.3 Å². The third kappa shape index (κ3) is 3.83. The van der Waals surface area contributed by atoms with Crippen molar-refractivity contribution in [2.24, 2.45) is 0 Å². The Kier molecular flexibility index (Phi) is 5.78. The van der Waals surface area contributed by atoms with E-state index in [0.717, 1.165) is 12.8 Å². The molecule has 2 aromatic heterocycles. The first kappa shape index (κ1) is 18.3. The van der Waals surface area contributed by atoms with Gasteiger partial charge >= 0.3 is 5.97 Å². The van der Waals surface area contributed by atoms with Crippen LogP contribution >= 0.6 is 11.8 Å². The van der Waals surface area contributed by atoms with Crippen molar-refractivity contribution in [3.05, 3.63) is 58.3 Å². The smallest absolute Gasteiger partial charge is 0.373 e. The van der Waals surface area contributed by atoms with Gasteiger partial charge in [0.05, 0.1) is 23.8 Å². The van der Waals surface area contributed by atoms with Gasteiger partial charge in [-0.15, -0.1) is 0 Å². The number of ether oxygens (including phenoxy) is 1. The third-order valence-corrected chi connectivity index (χ3v) is 4.95. The maximum absolute atomic E-state index is 12.8. The standard InChI is InChI=1S/C19H20N2O4S/c1-3-4-11-21-17(22)14-7-5-6-8-15(14)20-19(21)26-12-13-9-10-16(25-13)18(23)24-2/h5-10H,3-4,11-12H2,1-2H3. The first-order chi connectivity index (χ1) is 12.6. The van der Waals surface area contributed by atoms with Crippen LogP contribution in [0.5, 0.6) is 0 Å². The molecule has 0 bridgehead atoms. The van der Waals surface area contributed by atoms with Gasteiger partial charge in [0.2, 0.25) is 5.76 Å². The van der Waals surface area contributed by atoms with Crippen LogP contribution in [0.3, 0.4) is 0 Å². The zero-order chi connectivity index (χ0) is 18.5. The highest BCUT2D eigenvalue weighted by Gasteiger charge is 2.14. The number of rotatable bonds is 7. The van der Waals surface area contributed by atoms with E-state index in [1.165, 1.54) is 18.9 Å². The number of para-hydroxylation sites is 1. The minimum atomic E-state index is -0.509. The summed E-state index contributed by atoms with van der Waals surface area (Å²) in [5, 5.41) is 1.28. The Morgan fingerprint density at radius 3 is 2.85 bits per heavy atom. The zero-order valence-corrected chi connectivity index (χ0v) is 15.5. The molecule has 26 heavy (non-hydrogen) atoms. The Labute approximate surface area is 155 Å². The fourth-order valence-corrected chi connectivity index (χ4v) is 3.49. The number of esters is 1. The van der Waals surface area contributed by atoms with Gasteiger partial charge in [-0.2, -0.15) is 0 Å². The lowest BCUT2D eigenvalue weighted by atomic mass is 10.2. The van der Waals surface area contributed by atoms with E-state index in [0.29, 0.717) is 34.1 Å². The van der Waals surface area contributed by atoms with Crippen molar-refractivity contribution in [3.8, 4) is 0 Å². The summed E-state index contributed by atoms with van der Waals surface area (Å²) in [6.45, 7) is 2.71. The highest BCUT2D eigenvalue weighted by molar-refractivity contribution is 7.98. The van der Waals surface area contributed by atoms with Gasteiger partial charge in [0.1, 0.15) is 5.76 Å². The molecule has 6 nitrogen and oxygen atoms in total. The quantitative estimate of drug-likeness (QED) is 0.356. The van der Waals surface area contributed by atoms with Crippen molar-refractivity contribution < 1.29 is 13.9 Å². The number of unbranched alkanes of at least 4 members (excludes halogenated alkanes) is 1. The fourth-order valence-electron chi connectivity index (χ4n) is 2.57. The van der Waals surface area contributed by atoms with E-state index < -0.39 is 5.97 Å². The van der Waals surface area contributed by atoms with Gasteiger partial charge < -0.3 is 9.15 Å². The Hall–Kier alpha value is -2.54. The van der Waals surface area contributed by atoms with Gasteiger partial charge in [-0.3, -0.25) is 9.36 Å². The largest absolute Gasteiger partial charge is 0.463 e. The minimum absolute atomic E-state index is 0.0266. The average molecular weight is 372 g/mol. The highest BCUT2D eigenvalue weighted by Crippen LogP contribution is 2.24. The SMILES string of the molecule is CCCCn1c(SCc2ccc(C(=O)OC)o2)nc2ccccc2c1=O. The Balaban J connectivity index is 1.89. The third-order valence-electron chi connectivity index (χ3n) is 3.95. The van der Waals surface area contributed by atoms with E-state index in [9.17, 15) is 9.59 Å². The molecular weight excluding hydrogens is 352 g/mol. The van der Waals surface area contributed by atoms with Crippen LogP contribution in [-0.4, -0.2) is 22.6 Å². The number of methoxy groups -OCH3 is 1. The molecule has 0 aliphatic heterocycles. The Bertz CT molecular complexity index is 977. The zero-order valence-electron chi connectivity index (χ0n) is 14.7. The van der Waals surface area contributed by atoms with Crippen molar-refractivity contribution in [1.82, 2.24) is 9.55 Å². The molecule has 0 saturated carbocycles. The summed E-state index contributed by atoms with van der Waals surface area (Å²) in [5.41, 5.74) is 0.656. The first-order valence-electron chi connectivity index (χ1n) is 8.43. The molecule has 3 rings (SSSR count). The lowest BCUT2D eigenvalue weighted by Crippen LogP contribution is -2.23. The number of hydrogen-bond donors (Lipinski definition) is 0. The Morgan fingerprint density at radius 1 is 1.27 bits per heavy atom. The van der Waals surface area contributed by atoms with Crippen LogP contribution in [0.4, 0.5) is 0 Å². The molecule has 0 radical (unpaired) electrons. The predicted octanol–water partition coefficient (Wildman–Crippen LogP) is 3.87. The van der Waals surface area contributed by atoms with E-state index in [1.54, 1.807) is 22.8 Å². The molecule has 7 heteroatoms. The minimum Gasteiger partial charge on any atom is -0.463 e. The topological polar surface area (TPSA) is 74.3 Å². The van der Waals surface area contributed by atoms with Crippen LogP contribution in [0, 0.1) is 0 Å². The van der Waals surface area contributed by atoms with E-state index in [2.05, 4.69) is 16.6 Å². The number of fused-ring (bicyclic) bond motifs is 1. The number of aromatic nitrogens is 2. The van der Waals surface area contributed by atoms with Gasteiger partial charge in [-0.25, -0.2) is 9.78 Å². The van der Waals surface area contributed by atoms with Crippen molar-refractivity contribution >= 4 is 28.6 Å². The molecule has 136 valence electrons. The van der Waals surface area contributed by atoms with E-state index in [4.69, 9.17) is 4.42 Å². The molecule has 0 fully saturated rings. The first-order valence-corrected chi connectivity index (χ1v) is 9.42. The number of hydrogen-bond acceptors (Lipinski definition) is 6. The van der Waals surface area contributed by atoms with Gasteiger partial charge in [-0.1, -0.05) is 37.2 Å². The molecule has 0 aliphatic rings. The fraction of sp³-hybridized carbons (Fsp3) is 0.316. The summed E-state index contributed by atoms with van der Waals surface area (Å²) in [4.78, 5) is 29.0. The summed E-state index contributed by atoms with van der Waals surface area (Å²) in [6, 6.07) is 10.7. The number of nitrogens with zero attached hydrogens (tertiary/aromatic N) is 2. The predicted molar refractivity (Wildman–Crippen MR) is 101 cm³/mol. The summed E-state index contributed by atoms with van der Waals surface area (Å²) in [5.74, 6) is 0.746. The Morgan fingerprint density at radius 2 is 2.08 bits per heavy atom. The second-order valence-corrected chi connectivity index (χ2v) is 6.71. The summed E-state index contributed by atoms with van der Waals surface area (Å²) >= 11 is 1.42. The number of furan rings is 1. The van der Waals surface area contributed by atoms with Crippen LogP contribution in [-0.2, 0) is 17.0 Å². The number of carbonyl (C=O) groups is 1. The average Bonchev–Trinajstić information content (AvgIpc) is 3.14.